The number of amides is 1. The highest BCUT2D eigenvalue weighted by molar-refractivity contribution is 5.77. The van der Waals surface area contributed by atoms with Crippen LogP contribution in [0.25, 0.3) is 0 Å². The van der Waals surface area contributed by atoms with Crippen LogP contribution in [-0.4, -0.2) is 45.7 Å². The van der Waals surface area contributed by atoms with Crippen molar-refractivity contribution in [2.75, 3.05) is 39.8 Å². The summed E-state index contributed by atoms with van der Waals surface area (Å²) in [6.45, 7) is 5.96. The fourth-order valence-corrected chi connectivity index (χ4v) is 3.92. The van der Waals surface area contributed by atoms with Crippen LogP contribution >= 0.6 is 0 Å². The predicted molar refractivity (Wildman–Crippen MR) is 106 cm³/mol. The van der Waals surface area contributed by atoms with Crippen LogP contribution in [-0.2, 0) is 11.3 Å². The Morgan fingerprint density at radius 3 is 2.33 bits per heavy atom. The van der Waals surface area contributed by atoms with Gasteiger partial charge in [0.2, 0.25) is 0 Å². The van der Waals surface area contributed by atoms with E-state index in [-0.39, 0.29) is 17.3 Å². The van der Waals surface area contributed by atoms with E-state index < -0.39 is 17.7 Å². The average molecular weight is 423 g/mol. The van der Waals surface area contributed by atoms with Crippen molar-refractivity contribution in [3.63, 3.8) is 0 Å². The lowest BCUT2D eigenvalue weighted by Crippen LogP contribution is -3.28. The summed E-state index contributed by atoms with van der Waals surface area (Å²) in [5, 5.41) is 2.79. The SMILES string of the molecule is COc1ccc(F)cc1C[NH+]1CC[NH+](CC(=O)N[C@H](C)c2ccc(F)cc2F)CC1. The van der Waals surface area contributed by atoms with Gasteiger partial charge in [-0.1, -0.05) is 6.07 Å². The van der Waals surface area contributed by atoms with Crippen molar-refractivity contribution < 1.29 is 32.5 Å². The molecule has 0 saturated carbocycles. The summed E-state index contributed by atoms with van der Waals surface area (Å²) in [7, 11) is 1.57. The number of benzene rings is 2. The number of nitrogens with one attached hydrogen (secondary N) is 3. The molecular weight excluding hydrogens is 395 g/mol. The van der Waals surface area contributed by atoms with Crippen LogP contribution in [0.1, 0.15) is 24.1 Å². The molecule has 30 heavy (non-hydrogen) atoms. The zero-order valence-corrected chi connectivity index (χ0v) is 17.2. The lowest BCUT2D eigenvalue weighted by atomic mass is 10.1. The van der Waals surface area contributed by atoms with Gasteiger partial charge in [-0.2, -0.15) is 0 Å². The van der Waals surface area contributed by atoms with Crippen LogP contribution in [0.5, 0.6) is 5.75 Å². The Morgan fingerprint density at radius 2 is 1.67 bits per heavy atom. The second-order valence-corrected chi connectivity index (χ2v) is 7.76. The quantitative estimate of drug-likeness (QED) is 0.599. The first-order valence-corrected chi connectivity index (χ1v) is 10.1. The van der Waals surface area contributed by atoms with Gasteiger partial charge in [0.05, 0.1) is 18.7 Å². The van der Waals surface area contributed by atoms with Crippen molar-refractivity contribution in [3.05, 3.63) is 65.0 Å². The minimum absolute atomic E-state index is 0.170. The Labute approximate surface area is 174 Å². The Hall–Kier alpha value is -2.58. The largest absolute Gasteiger partial charge is 0.496 e. The van der Waals surface area contributed by atoms with Crippen molar-refractivity contribution >= 4 is 5.91 Å². The van der Waals surface area contributed by atoms with Crippen LogP contribution < -0.4 is 19.9 Å². The van der Waals surface area contributed by atoms with Gasteiger partial charge in [-0.15, -0.1) is 0 Å². The summed E-state index contributed by atoms with van der Waals surface area (Å²) >= 11 is 0. The molecule has 2 aromatic rings. The number of carbonyl (C=O) groups is 1. The summed E-state index contributed by atoms with van der Waals surface area (Å²) in [6, 6.07) is 7.35. The van der Waals surface area contributed by atoms with E-state index in [1.54, 1.807) is 20.1 Å². The molecule has 1 amide bonds. The molecule has 0 aliphatic carbocycles. The maximum Gasteiger partial charge on any atom is 0.275 e. The number of quaternary nitrogens is 2. The van der Waals surface area contributed by atoms with Gasteiger partial charge in [0.1, 0.15) is 55.9 Å². The van der Waals surface area contributed by atoms with Crippen LogP contribution in [0.15, 0.2) is 36.4 Å². The number of ether oxygens (including phenoxy) is 1. The molecule has 8 heteroatoms. The van der Waals surface area contributed by atoms with Crippen LogP contribution in [0.4, 0.5) is 13.2 Å². The monoisotopic (exact) mass is 423 g/mol. The number of hydrogen-bond acceptors (Lipinski definition) is 2. The molecule has 0 spiro atoms. The van der Waals surface area contributed by atoms with Crippen molar-refractivity contribution in [1.29, 1.82) is 0 Å². The Bertz CT molecular complexity index is 886. The topological polar surface area (TPSA) is 47.2 Å². The molecule has 3 rings (SSSR count). The molecule has 1 heterocycles. The molecular formula is C22H28F3N3O2+2. The van der Waals surface area contributed by atoms with Gasteiger partial charge in [0.25, 0.3) is 5.91 Å². The number of hydrogen-bond donors (Lipinski definition) is 3. The first-order valence-electron chi connectivity index (χ1n) is 10.1. The Morgan fingerprint density at radius 1 is 1.03 bits per heavy atom. The molecule has 1 aliphatic heterocycles. The van der Waals surface area contributed by atoms with Gasteiger partial charge in [0.15, 0.2) is 6.54 Å². The maximum absolute atomic E-state index is 13.9. The summed E-state index contributed by atoms with van der Waals surface area (Å²) in [5.74, 6) is -1.08. The van der Waals surface area contributed by atoms with Gasteiger partial charge in [-0.3, -0.25) is 4.79 Å². The second kappa shape index (κ2) is 9.95. The number of piperazine rings is 1. The molecule has 1 fully saturated rings. The smallest absolute Gasteiger partial charge is 0.275 e. The molecule has 1 aliphatic rings. The third-order valence-electron chi connectivity index (χ3n) is 5.56. The zero-order chi connectivity index (χ0) is 21.7. The number of rotatable bonds is 7. The minimum atomic E-state index is -0.667. The van der Waals surface area contributed by atoms with Crippen molar-refractivity contribution in [1.82, 2.24) is 5.32 Å². The molecule has 0 radical (unpaired) electrons. The summed E-state index contributed by atoms with van der Waals surface area (Å²) in [5.41, 5.74) is 1.10. The van der Waals surface area contributed by atoms with E-state index in [0.717, 1.165) is 42.7 Å². The molecule has 0 bridgehead atoms. The molecule has 1 atom stereocenters. The van der Waals surface area contributed by atoms with Crippen molar-refractivity contribution in [3.8, 4) is 5.75 Å². The van der Waals surface area contributed by atoms with Gasteiger partial charge < -0.3 is 19.9 Å². The highest BCUT2D eigenvalue weighted by Crippen LogP contribution is 2.18. The zero-order valence-electron chi connectivity index (χ0n) is 17.2. The Balaban J connectivity index is 1.47. The van der Waals surface area contributed by atoms with Crippen LogP contribution in [0.2, 0.25) is 0 Å². The van der Waals surface area contributed by atoms with E-state index in [2.05, 4.69) is 5.32 Å². The summed E-state index contributed by atoms with van der Waals surface area (Å²) < 4.78 is 45.8. The fraction of sp³-hybridized carbons (Fsp3) is 0.409. The van der Waals surface area contributed by atoms with Gasteiger partial charge in [0, 0.05) is 11.6 Å². The highest BCUT2D eigenvalue weighted by Gasteiger charge is 2.26. The second-order valence-electron chi connectivity index (χ2n) is 7.76. The molecule has 0 aromatic heterocycles. The van der Waals surface area contributed by atoms with Gasteiger partial charge in [-0.05, 0) is 31.2 Å². The van der Waals surface area contributed by atoms with Crippen LogP contribution in [0.3, 0.4) is 0 Å². The summed E-state index contributed by atoms with van der Waals surface area (Å²) in [6.07, 6.45) is 0. The lowest BCUT2D eigenvalue weighted by molar-refractivity contribution is -1.02. The number of methoxy groups -OCH3 is 1. The molecule has 1 saturated heterocycles. The molecule has 2 aromatic carbocycles. The van der Waals surface area contributed by atoms with E-state index in [1.807, 2.05) is 0 Å². The molecule has 3 N–H and O–H groups in total. The van der Waals surface area contributed by atoms with Gasteiger partial charge >= 0.3 is 0 Å². The van der Waals surface area contributed by atoms with Crippen LogP contribution in [0, 0.1) is 17.5 Å². The van der Waals surface area contributed by atoms with Gasteiger partial charge in [-0.25, -0.2) is 13.2 Å². The fourth-order valence-electron chi connectivity index (χ4n) is 3.92. The average Bonchev–Trinajstić information content (AvgIpc) is 2.69. The van der Waals surface area contributed by atoms with E-state index in [4.69, 9.17) is 4.74 Å². The van der Waals surface area contributed by atoms with E-state index in [0.29, 0.717) is 18.8 Å². The third-order valence-corrected chi connectivity index (χ3v) is 5.56. The predicted octanol–water partition coefficient (Wildman–Crippen LogP) is 0.273. The van der Waals surface area contributed by atoms with E-state index in [9.17, 15) is 18.0 Å². The van der Waals surface area contributed by atoms with Crippen molar-refractivity contribution in [2.45, 2.75) is 19.5 Å². The third kappa shape index (κ3) is 5.73. The Kier molecular flexibility index (Phi) is 7.33. The standard InChI is InChI=1S/C22H26F3N3O2/c1-15(19-5-3-18(24)12-20(19)25)26-22(29)14-28-9-7-27(8-10-28)13-16-11-17(23)4-6-21(16)30-2/h3-6,11-12,15H,7-10,13-14H2,1-2H3,(H,26,29)/p+2/t15-/m1/s1. The molecule has 5 nitrogen and oxygen atoms in total. The number of carbonyl (C=O) groups excluding carboxylic acids is 1. The lowest BCUT2D eigenvalue weighted by Gasteiger charge is -2.30. The van der Waals surface area contributed by atoms with Crippen molar-refractivity contribution in [2.24, 2.45) is 0 Å². The molecule has 162 valence electrons. The normalized spacial score (nSPS) is 19.9. The van der Waals surface area contributed by atoms with E-state index in [1.165, 1.54) is 29.2 Å². The maximum atomic E-state index is 13.9. The minimum Gasteiger partial charge on any atom is -0.496 e. The first kappa shape index (κ1) is 22.1. The highest BCUT2D eigenvalue weighted by atomic mass is 19.1. The molecule has 0 unspecified atom stereocenters. The number of halogens is 3. The first-order chi connectivity index (χ1) is 14.4. The van der Waals surface area contributed by atoms with E-state index >= 15 is 0 Å². The summed E-state index contributed by atoms with van der Waals surface area (Å²) in [4.78, 5) is 14.8.